The van der Waals surface area contributed by atoms with Gasteiger partial charge in [-0.2, -0.15) is 0 Å². The first-order valence-corrected chi connectivity index (χ1v) is 13.1. The molecule has 0 unspecified atom stereocenters. The first kappa shape index (κ1) is 23.7. The van der Waals surface area contributed by atoms with E-state index in [-0.39, 0.29) is 11.6 Å². The molecule has 0 bridgehead atoms. The highest BCUT2D eigenvalue weighted by Crippen LogP contribution is 2.40. The number of hydrogen-bond acceptors (Lipinski definition) is 1. The van der Waals surface area contributed by atoms with E-state index in [4.69, 9.17) is 4.74 Å². The van der Waals surface area contributed by atoms with E-state index in [0.29, 0.717) is 5.39 Å². The Morgan fingerprint density at radius 2 is 1.17 bits per heavy atom. The summed E-state index contributed by atoms with van der Waals surface area (Å²) < 4.78 is 22.1. The van der Waals surface area contributed by atoms with Crippen LogP contribution in [0.5, 0.6) is 5.75 Å². The molecule has 176 valence electrons. The summed E-state index contributed by atoms with van der Waals surface area (Å²) in [5.74, 6) is 6.17. The largest absolute Gasteiger partial charge is 0.472 e. The molecule has 5 aromatic rings. The summed E-state index contributed by atoms with van der Waals surface area (Å²) >= 11 is 0. The van der Waals surface area contributed by atoms with E-state index in [9.17, 15) is 0 Å². The Bertz CT molecular complexity index is 1500. The van der Waals surface area contributed by atoms with Gasteiger partial charge in [0.05, 0.1) is 0 Å². The van der Waals surface area contributed by atoms with Gasteiger partial charge in [-0.3, -0.25) is 0 Å². The monoisotopic (exact) mass is 489 g/mol. The van der Waals surface area contributed by atoms with Gasteiger partial charge in [-0.05, 0) is 56.3 Å². The second-order valence-corrected chi connectivity index (χ2v) is 10.9. The molecule has 1 nitrogen and oxygen atoms in total. The molecule has 0 aromatic heterocycles. The van der Waals surface area contributed by atoms with Crippen molar-refractivity contribution < 1.29 is 9.13 Å². The van der Waals surface area contributed by atoms with Gasteiger partial charge in [0, 0.05) is 22.4 Å². The molecule has 0 aliphatic rings. The fraction of sp³-hybridized carbons (Fsp3) is 0.0909. The Labute approximate surface area is 214 Å². The molecule has 0 spiro atoms. The molecule has 0 aliphatic heterocycles. The van der Waals surface area contributed by atoms with Crippen molar-refractivity contribution in [2.75, 3.05) is 0 Å². The summed E-state index contributed by atoms with van der Waals surface area (Å²) in [6, 6.07) is 40.0. The average Bonchev–Trinajstić information content (AvgIpc) is 2.92. The van der Waals surface area contributed by atoms with Gasteiger partial charge in [-0.25, -0.2) is 4.39 Å². The number of fused-ring (bicyclic) bond motifs is 1. The Hall–Kier alpha value is -4.00. The van der Waals surface area contributed by atoms with E-state index in [1.807, 2.05) is 111 Å². The highest BCUT2D eigenvalue weighted by Gasteiger charge is 2.33. The van der Waals surface area contributed by atoms with E-state index in [2.05, 4.69) is 36.1 Å². The second-order valence-electron chi connectivity index (χ2n) is 8.89. The van der Waals surface area contributed by atoms with E-state index >= 15 is 4.39 Å². The van der Waals surface area contributed by atoms with Gasteiger partial charge in [0.1, 0.15) is 10.9 Å². The van der Waals surface area contributed by atoms with Gasteiger partial charge in [0.15, 0.2) is 31.9 Å². The Morgan fingerprint density at radius 3 is 1.75 bits per heavy atom. The lowest BCUT2D eigenvalue weighted by molar-refractivity contribution is 0.164. The molecule has 0 amide bonds. The molecule has 0 saturated carbocycles. The summed E-state index contributed by atoms with van der Waals surface area (Å²) in [6.45, 7) is 3.73. The maximum Gasteiger partial charge on any atom is 0.178 e. The van der Waals surface area contributed by atoms with Crippen molar-refractivity contribution in [3.8, 4) is 17.6 Å². The molecule has 0 saturated heterocycles. The molecule has 0 heterocycles. The maximum atomic E-state index is 15.8. The summed E-state index contributed by atoms with van der Waals surface area (Å²) in [4.78, 5) is 3.34. The van der Waals surface area contributed by atoms with Crippen molar-refractivity contribution in [3.63, 3.8) is 0 Å². The molecule has 0 radical (unpaired) electrons. The molecule has 5 rings (SSSR count). The van der Waals surface area contributed by atoms with E-state index in [0.717, 1.165) is 25.6 Å². The van der Waals surface area contributed by atoms with Crippen LogP contribution in [0.15, 0.2) is 136 Å². The van der Waals surface area contributed by atoms with Crippen LogP contribution in [0, 0.1) is 17.7 Å². The summed E-state index contributed by atoms with van der Waals surface area (Å²) in [6.07, 6.45) is 0. The predicted octanol–water partition coefficient (Wildman–Crippen LogP) is 8.28. The van der Waals surface area contributed by atoms with Gasteiger partial charge < -0.3 is 4.74 Å². The van der Waals surface area contributed by atoms with E-state index in [1.165, 1.54) is 0 Å². The van der Waals surface area contributed by atoms with Crippen molar-refractivity contribution in [1.82, 2.24) is 0 Å². The lowest BCUT2D eigenvalue weighted by atomic mass is 10.1. The van der Waals surface area contributed by atoms with Crippen LogP contribution in [-0.2, 0) is 10.9 Å². The molecule has 0 N–H and O–H groups in total. The van der Waals surface area contributed by atoms with Gasteiger partial charge in [-0.1, -0.05) is 84.6 Å². The number of benzene rings is 5. The highest BCUT2D eigenvalue weighted by molar-refractivity contribution is 7.97. The molecule has 36 heavy (non-hydrogen) atoms. The third-order valence-corrected chi connectivity index (χ3v) is 8.00. The predicted molar refractivity (Wildman–Crippen MR) is 147 cm³/mol. The van der Waals surface area contributed by atoms with Crippen LogP contribution in [-0.4, -0.2) is 5.60 Å². The molecule has 0 fully saturated rings. The second kappa shape index (κ2) is 10.3. The number of hydrogen-bond donors (Lipinski definition) is 0. The quantitative estimate of drug-likeness (QED) is 0.178. The Kier molecular flexibility index (Phi) is 6.80. The summed E-state index contributed by atoms with van der Waals surface area (Å²) in [5.41, 5.74) is -0.00216. The van der Waals surface area contributed by atoms with Crippen molar-refractivity contribution in [1.29, 1.82) is 0 Å². The zero-order valence-corrected chi connectivity index (χ0v) is 21.1. The molecule has 5 aromatic carbocycles. The standard InChI is InChI=1S/C33H26FOS/c1-33(2,23-22-25-14-6-3-7-15-25)35-30-24-31(28-20-12-13-21-29(28)32(30)34)36(26-16-8-4-9-17-26)27-18-10-5-11-19-27/h3-21,24H,1-2H3/q+1. The van der Waals surface area contributed by atoms with Crippen molar-refractivity contribution in [2.24, 2.45) is 0 Å². The Morgan fingerprint density at radius 1 is 0.667 bits per heavy atom. The Balaban J connectivity index is 1.66. The minimum Gasteiger partial charge on any atom is -0.472 e. The van der Waals surface area contributed by atoms with Crippen LogP contribution in [0.1, 0.15) is 19.4 Å². The van der Waals surface area contributed by atoms with Crippen LogP contribution in [0.25, 0.3) is 10.8 Å². The average molecular weight is 490 g/mol. The topological polar surface area (TPSA) is 9.23 Å². The first-order valence-electron chi connectivity index (χ1n) is 11.8. The number of halogens is 1. The van der Waals surface area contributed by atoms with Gasteiger partial charge in [0.25, 0.3) is 0 Å². The van der Waals surface area contributed by atoms with Gasteiger partial charge >= 0.3 is 0 Å². The van der Waals surface area contributed by atoms with E-state index in [1.54, 1.807) is 0 Å². The minimum absolute atomic E-state index is 0.209. The minimum atomic E-state index is -0.894. The molecular weight excluding hydrogens is 463 g/mol. The van der Waals surface area contributed by atoms with Gasteiger partial charge in [0.2, 0.25) is 0 Å². The van der Waals surface area contributed by atoms with Crippen molar-refractivity contribution >= 4 is 21.7 Å². The van der Waals surface area contributed by atoms with Crippen molar-refractivity contribution in [2.45, 2.75) is 34.1 Å². The lowest BCUT2D eigenvalue weighted by Crippen LogP contribution is -2.26. The van der Waals surface area contributed by atoms with E-state index < -0.39 is 16.5 Å². The zero-order valence-electron chi connectivity index (χ0n) is 20.2. The normalized spacial score (nSPS) is 11.2. The fourth-order valence-electron chi connectivity index (χ4n) is 4.07. The molecular formula is C33H26FOS+. The fourth-order valence-corrected chi connectivity index (χ4v) is 6.33. The van der Waals surface area contributed by atoms with Crippen LogP contribution in [0.4, 0.5) is 4.39 Å². The molecule has 0 aliphatic carbocycles. The third-order valence-electron chi connectivity index (χ3n) is 5.73. The molecule has 0 atom stereocenters. The van der Waals surface area contributed by atoms with Crippen molar-refractivity contribution in [3.05, 3.63) is 133 Å². The zero-order chi connectivity index (χ0) is 25.0. The van der Waals surface area contributed by atoms with Gasteiger partial charge in [-0.15, -0.1) is 0 Å². The number of ether oxygens (including phenoxy) is 1. The third kappa shape index (κ3) is 5.15. The van der Waals surface area contributed by atoms with Crippen LogP contribution in [0.2, 0.25) is 0 Å². The lowest BCUT2D eigenvalue weighted by Gasteiger charge is -2.22. The van der Waals surface area contributed by atoms with Crippen LogP contribution >= 0.6 is 0 Å². The molecule has 3 heteroatoms. The van der Waals surface area contributed by atoms with Crippen LogP contribution < -0.4 is 4.74 Å². The van der Waals surface area contributed by atoms with Crippen LogP contribution in [0.3, 0.4) is 0 Å². The maximum absolute atomic E-state index is 15.8. The summed E-state index contributed by atoms with van der Waals surface area (Å²) in [7, 11) is -0.452. The summed E-state index contributed by atoms with van der Waals surface area (Å²) in [5, 5.41) is 1.42. The first-order chi connectivity index (χ1) is 17.5. The number of rotatable bonds is 5. The SMILES string of the molecule is CC(C)(C#Cc1ccccc1)Oc1cc([S+](c2ccccc2)c2ccccc2)c2ccccc2c1F. The smallest absolute Gasteiger partial charge is 0.178 e. The highest BCUT2D eigenvalue weighted by atomic mass is 32.2.